The molecule has 0 aliphatic carbocycles. The molecule has 5 rings (SSSR count). The summed E-state index contributed by atoms with van der Waals surface area (Å²) in [7, 11) is 0. The van der Waals surface area contributed by atoms with E-state index < -0.39 is 0 Å². The third-order valence-corrected chi connectivity index (χ3v) is 5.88. The number of hydrogen-bond acceptors (Lipinski definition) is 4. The van der Waals surface area contributed by atoms with Gasteiger partial charge in [-0.05, 0) is 41.5 Å². The van der Waals surface area contributed by atoms with Gasteiger partial charge < -0.3 is 15.0 Å². The van der Waals surface area contributed by atoms with Crippen LogP contribution in [0.3, 0.4) is 0 Å². The van der Waals surface area contributed by atoms with Gasteiger partial charge in [0, 0.05) is 72.0 Å². The number of fused-ring (bicyclic) bond motifs is 1. The molecule has 1 fully saturated rings. The average Bonchev–Trinajstić information content (AvgIpc) is 3.29. The molecule has 2 aromatic heterocycles. The van der Waals surface area contributed by atoms with Crippen LogP contribution in [-0.4, -0.2) is 47.1 Å². The Morgan fingerprint density at radius 3 is 2.73 bits per heavy atom. The lowest BCUT2D eigenvalue weighted by Gasteiger charge is -2.26. The quantitative estimate of drug-likeness (QED) is 0.428. The van der Waals surface area contributed by atoms with Gasteiger partial charge in [-0.3, -0.25) is 14.7 Å². The van der Waals surface area contributed by atoms with E-state index in [4.69, 9.17) is 4.74 Å². The van der Waals surface area contributed by atoms with E-state index in [1.807, 2.05) is 42.6 Å². The maximum absolute atomic E-state index is 12.6. The highest BCUT2D eigenvalue weighted by molar-refractivity contribution is 6.03. The van der Waals surface area contributed by atoms with Crippen LogP contribution in [0.1, 0.15) is 11.1 Å². The summed E-state index contributed by atoms with van der Waals surface area (Å²) >= 11 is 0. The van der Waals surface area contributed by atoms with Crippen LogP contribution in [0.25, 0.3) is 28.1 Å². The summed E-state index contributed by atoms with van der Waals surface area (Å²) in [6.45, 7) is 4.39. The molecule has 2 aromatic carbocycles. The molecule has 6 nitrogen and oxygen atoms in total. The lowest BCUT2D eigenvalue weighted by atomic mass is 10.0. The summed E-state index contributed by atoms with van der Waals surface area (Å²) in [6.07, 6.45) is 8.91. The maximum atomic E-state index is 12.6. The molecule has 3 heterocycles. The third-order valence-electron chi connectivity index (χ3n) is 5.88. The number of morpholine rings is 1. The second-order valence-electron chi connectivity index (χ2n) is 8.12. The molecule has 0 unspecified atom stereocenters. The molecule has 0 bridgehead atoms. The van der Waals surface area contributed by atoms with Crippen molar-refractivity contribution in [3.05, 3.63) is 90.4 Å². The second-order valence-corrected chi connectivity index (χ2v) is 8.12. The second kappa shape index (κ2) is 9.81. The molecule has 1 saturated heterocycles. The van der Waals surface area contributed by atoms with Gasteiger partial charge in [0.15, 0.2) is 0 Å². The molecule has 166 valence electrons. The van der Waals surface area contributed by atoms with Gasteiger partial charge in [-0.2, -0.15) is 0 Å². The van der Waals surface area contributed by atoms with Crippen molar-refractivity contribution in [2.24, 2.45) is 0 Å². The van der Waals surface area contributed by atoms with E-state index in [2.05, 4.69) is 44.5 Å². The predicted molar refractivity (Wildman–Crippen MR) is 132 cm³/mol. The number of hydrogen-bond donors (Lipinski definition) is 2. The zero-order chi connectivity index (χ0) is 22.5. The number of carbonyl (C=O) groups excluding carboxylic acids is 1. The highest BCUT2D eigenvalue weighted by Crippen LogP contribution is 2.31. The molecule has 0 radical (unpaired) electrons. The number of benzene rings is 2. The van der Waals surface area contributed by atoms with Crippen LogP contribution in [0.4, 0.5) is 5.69 Å². The van der Waals surface area contributed by atoms with Crippen LogP contribution >= 0.6 is 0 Å². The van der Waals surface area contributed by atoms with Gasteiger partial charge in [-0.25, -0.2) is 0 Å². The number of rotatable bonds is 6. The number of nitrogens with zero attached hydrogens (tertiary/aromatic N) is 2. The molecule has 0 spiro atoms. The van der Waals surface area contributed by atoms with Gasteiger partial charge in [-0.1, -0.05) is 30.3 Å². The maximum Gasteiger partial charge on any atom is 0.248 e. The summed E-state index contributed by atoms with van der Waals surface area (Å²) in [5, 5.41) is 4.08. The van der Waals surface area contributed by atoms with E-state index in [1.54, 1.807) is 18.5 Å². The topological polar surface area (TPSA) is 70.2 Å². The smallest absolute Gasteiger partial charge is 0.248 e. The zero-order valence-corrected chi connectivity index (χ0v) is 18.3. The molecular weight excluding hydrogens is 412 g/mol. The fourth-order valence-corrected chi connectivity index (χ4v) is 4.14. The molecule has 0 saturated carbocycles. The number of anilines is 1. The Bertz CT molecular complexity index is 1270. The van der Waals surface area contributed by atoms with Crippen LogP contribution < -0.4 is 5.32 Å². The first-order chi connectivity index (χ1) is 16.3. The first-order valence-electron chi connectivity index (χ1n) is 11.1. The fraction of sp³-hybridized carbons (Fsp3) is 0.185. The number of H-pyrrole nitrogens is 1. The Labute approximate surface area is 192 Å². The van der Waals surface area contributed by atoms with E-state index >= 15 is 0 Å². The number of aromatic nitrogens is 2. The van der Waals surface area contributed by atoms with Crippen molar-refractivity contribution in [1.29, 1.82) is 0 Å². The minimum atomic E-state index is -0.176. The van der Waals surface area contributed by atoms with Gasteiger partial charge in [0.2, 0.25) is 5.91 Å². The summed E-state index contributed by atoms with van der Waals surface area (Å²) in [5.41, 5.74) is 6.08. The van der Waals surface area contributed by atoms with Crippen LogP contribution in [0, 0.1) is 0 Å². The SMILES string of the molecule is O=C(/C=C/c1cnccc1-c1c[nH]c2ccccc12)Nc1ccc(CN2CCOCC2)cc1. The molecular formula is C27H26N4O2. The van der Waals surface area contributed by atoms with Gasteiger partial charge in [-0.15, -0.1) is 0 Å². The summed E-state index contributed by atoms with van der Waals surface area (Å²) in [4.78, 5) is 22.5. The van der Waals surface area contributed by atoms with E-state index in [0.29, 0.717) is 0 Å². The molecule has 2 N–H and O–H groups in total. The number of nitrogens with one attached hydrogen (secondary N) is 2. The Balaban J connectivity index is 1.26. The number of aromatic amines is 1. The van der Waals surface area contributed by atoms with Gasteiger partial charge in [0.25, 0.3) is 0 Å². The third kappa shape index (κ3) is 5.03. The minimum absolute atomic E-state index is 0.176. The van der Waals surface area contributed by atoms with Crippen molar-refractivity contribution >= 4 is 28.6 Å². The standard InChI is InChI=1S/C27H26N4O2/c32-27(30-22-8-5-20(6-9-22)19-31-13-15-33-16-14-31)10-7-21-17-28-12-11-23(21)25-18-29-26-4-2-1-3-24(25)26/h1-12,17-18,29H,13-16,19H2,(H,30,32)/b10-7+. The minimum Gasteiger partial charge on any atom is -0.379 e. The van der Waals surface area contributed by atoms with Crippen LogP contribution in [0.2, 0.25) is 0 Å². The van der Waals surface area contributed by atoms with Crippen molar-refractivity contribution in [3.63, 3.8) is 0 Å². The van der Waals surface area contributed by atoms with E-state index in [9.17, 15) is 4.79 Å². The first-order valence-corrected chi connectivity index (χ1v) is 11.1. The van der Waals surface area contributed by atoms with E-state index in [1.165, 1.54) is 5.56 Å². The number of amides is 1. The van der Waals surface area contributed by atoms with Gasteiger partial charge in [0.05, 0.1) is 13.2 Å². The zero-order valence-electron chi connectivity index (χ0n) is 18.3. The fourth-order valence-electron chi connectivity index (χ4n) is 4.14. The molecule has 0 atom stereocenters. The summed E-state index contributed by atoms with van der Waals surface area (Å²) < 4.78 is 5.40. The van der Waals surface area contributed by atoms with Crippen molar-refractivity contribution < 1.29 is 9.53 Å². The number of ether oxygens (including phenoxy) is 1. The van der Waals surface area contributed by atoms with Crippen molar-refractivity contribution in [2.45, 2.75) is 6.54 Å². The van der Waals surface area contributed by atoms with Crippen LogP contribution in [0.15, 0.2) is 79.3 Å². The Hall–Kier alpha value is -3.74. The monoisotopic (exact) mass is 438 g/mol. The number of pyridine rings is 1. The predicted octanol–water partition coefficient (Wildman–Crippen LogP) is 4.71. The Kier molecular flexibility index (Phi) is 6.28. The molecule has 4 aromatic rings. The lowest BCUT2D eigenvalue weighted by molar-refractivity contribution is -0.111. The van der Waals surface area contributed by atoms with Crippen LogP contribution in [0.5, 0.6) is 0 Å². The van der Waals surface area contributed by atoms with E-state index in [0.717, 1.165) is 66.1 Å². The Morgan fingerprint density at radius 2 is 1.88 bits per heavy atom. The highest BCUT2D eigenvalue weighted by atomic mass is 16.5. The molecule has 1 amide bonds. The summed E-state index contributed by atoms with van der Waals surface area (Å²) in [6, 6.07) is 18.2. The highest BCUT2D eigenvalue weighted by Gasteiger charge is 2.11. The van der Waals surface area contributed by atoms with Gasteiger partial charge in [0.1, 0.15) is 0 Å². The largest absolute Gasteiger partial charge is 0.379 e. The first kappa shape index (κ1) is 21.1. The van der Waals surface area contributed by atoms with Crippen molar-refractivity contribution in [2.75, 3.05) is 31.6 Å². The normalized spacial score (nSPS) is 14.7. The van der Waals surface area contributed by atoms with Gasteiger partial charge >= 0.3 is 0 Å². The van der Waals surface area contributed by atoms with Crippen LogP contribution in [-0.2, 0) is 16.1 Å². The number of para-hydroxylation sites is 1. The van der Waals surface area contributed by atoms with Crippen molar-refractivity contribution in [3.8, 4) is 11.1 Å². The van der Waals surface area contributed by atoms with Crippen molar-refractivity contribution in [1.82, 2.24) is 14.9 Å². The molecule has 1 aliphatic rings. The molecule has 1 aliphatic heterocycles. The average molecular weight is 439 g/mol. The number of carbonyl (C=O) groups is 1. The Morgan fingerprint density at radius 1 is 1.06 bits per heavy atom. The lowest BCUT2D eigenvalue weighted by Crippen LogP contribution is -2.35. The molecule has 33 heavy (non-hydrogen) atoms. The van der Waals surface area contributed by atoms with E-state index in [-0.39, 0.29) is 5.91 Å². The molecule has 6 heteroatoms. The summed E-state index contributed by atoms with van der Waals surface area (Å²) in [5.74, 6) is -0.176.